The van der Waals surface area contributed by atoms with Gasteiger partial charge in [0.2, 0.25) is 4.57 Å². The van der Waals surface area contributed by atoms with E-state index in [2.05, 4.69) is 29.3 Å². The molecular weight excluding hydrogens is 174 g/mol. The van der Waals surface area contributed by atoms with Gasteiger partial charge >= 0.3 is 0 Å². The van der Waals surface area contributed by atoms with Gasteiger partial charge in [-0.15, -0.1) is 22.4 Å². The molecule has 0 amide bonds. The third-order valence-corrected chi connectivity index (χ3v) is 2.75. The lowest BCUT2D eigenvalue weighted by Gasteiger charge is -1.61. The maximum Gasteiger partial charge on any atom is 0.219 e. The van der Waals surface area contributed by atoms with Gasteiger partial charge in [0.1, 0.15) is 0 Å². The number of rotatable bonds is 0. The predicted molar refractivity (Wildman–Crippen MR) is 34.0 cm³/mol. The van der Waals surface area contributed by atoms with E-state index in [-0.39, 0.29) is 0 Å². The minimum Gasteiger partial charge on any atom is -0.150 e. The van der Waals surface area contributed by atoms with Crippen LogP contribution in [0.3, 0.4) is 0 Å². The summed E-state index contributed by atoms with van der Waals surface area (Å²) in [4.78, 5) is 0. The summed E-state index contributed by atoms with van der Waals surface area (Å²) in [6, 6.07) is 0. The molecule has 1 saturated heterocycles. The van der Waals surface area contributed by atoms with Gasteiger partial charge in [0.15, 0.2) is 0 Å². The highest BCUT2D eigenvalue weighted by Gasteiger charge is 2.33. The van der Waals surface area contributed by atoms with Gasteiger partial charge in [-0.1, -0.05) is 19.1 Å². The highest BCUT2D eigenvalue weighted by molar-refractivity contribution is 14.1. The molecule has 1 heterocycles. The zero-order valence-corrected chi connectivity index (χ0v) is 5.40. The first-order chi connectivity index (χ1) is 2.30. The van der Waals surface area contributed by atoms with Gasteiger partial charge in [-0.05, 0) is 0 Å². The molecule has 1 aliphatic rings. The normalized spacial score (nSPS) is 34.8. The molecule has 0 aliphatic carbocycles. The van der Waals surface area contributed by atoms with Crippen LogP contribution in [0.2, 0.25) is 12.1 Å². The SMILES string of the molecule is CC1CB1I. The first kappa shape index (κ1) is 3.97. The lowest BCUT2D eigenvalue weighted by atomic mass is 10.0. The third-order valence-electron chi connectivity index (χ3n) is 1.01. The second-order valence-electron chi connectivity index (χ2n) is 1.73. The van der Waals surface area contributed by atoms with Crippen LogP contribution in [0.1, 0.15) is 6.92 Å². The molecule has 0 aromatic heterocycles. The Bertz CT molecular complexity index is 40.2. The van der Waals surface area contributed by atoms with Crippen LogP contribution in [-0.2, 0) is 0 Å². The van der Waals surface area contributed by atoms with Gasteiger partial charge in [0, 0.05) is 0 Å². The Kier molecular flexibility index (Phi) is 0.902. The largest absolute Gasteiger partial charge is 0.219 e. The van der Waals surface area contributed by atoms with Crippen LogP contribution in [0.5, 0.6) is 0 Å². The highest BCUT2D eigenvalue weighted by atomic mass is 127. The van der Waals surface area contributed by atoms with Crippen LogP contribution in [-0.4, -0.2) is 4.57 Å². The summed E-state index contributed by atoms with van der Waals surface area (Å²) >= 11 is 2.48. The zero-order valence-electron chi connectivity index (χ0n) is 3.24. The standard InChI is InChI=1S/C3H6BI/c1-3-2-4(3)5/h3H,2H2,1H3. The molecule has 5 heavy (non-hydrogen) atoms. The van der Waals surface area contributed by atoms with Gasteiger partial charge in [0.05, 0.1) is 0 Å². The molecule has 0 aromatic carbocycles. The van der Waals surface area contributed by atoms with Gasteiger partial charge in [0.25, 0.3) is 0 Å². The van der Waals surface area contributed by atoms with Crippen LogP contribution < -0.4 is 0 Å². The molecule has 0 saturated carbocycles. The fraction of sp³-hybridized carbons (Fsp3) is 1.00. The lowest BCUT2D eigenvalue weighted by Crippen LogP contribution is -1.61. The van der Waals surface area contributed by atoms with E-state index in [1.807, 2.05) is 0 Å². The summed E-state index contributed by atoms with van der Waals surface area (Å²) in [5.41, 5.74) is 0. The molecule has 0 radical (unpaired) electrons. The summed E-state index contributed by atoms with van der Waals surface area (Å²) in [6.45, 7) is 2.29. The smallest absolute Gasteiger partial charge is 0.150 e. The quantitative estimate of drug-likeness (QED) is 0.393. The summed E-state index contributed by atoms with van der Waals surface area (Å²) < 4.78 is 1.02. The second kappa shape index (κ2) is 1.14. The molecule has 1 aliphatic heterocycles. The van der Waals surface area contributed by atoms with Crippen molar-refractivity contribution in [2.24, 2.45) is 0 Å². The van der Waals surface area contributed by atoms with Crippen LogP contribution in [0.4, 0.5) is 0 Å². The number of halogens is 1. The third kappa shape index (κ3) is 0.811. The molecule has 1 unspecified atom stereocenters. The van der Waals surface area contributed by atoms with E-state index in [4.69, 9.17) is 0 Å². The van der Waals surface area contributed by atoms with Crippen LogP contribution in [0.15, 0.2) is 0 Å². The topological polar surface area (TPSA) is 0 Å². The van der Waals surface area contributed by atoms with Gasteiger partial charge in [-0.2, -0.15) is 0 Å². The molecule has 28 valence electrons. The van der Waals surface area contributed by atoms with Crippen molar-refractivity contribution < 1.29 is 0 Å². The molecule has 0 bridgehead atoms. The van der Waals surface area contributed by atoms with Crippen LogP contribution in [0.25, 0.3) is 0 Å². The monoisotopic (exact) mass is 180 g/mol. The Labute approximate surface area is 46.3 Å². The molecule has 0 N–H and O–H groups in total. The Morgan fingerprint density at radius 3 is 2.20 bits per heavy atom. The minimum absolute atomic E-state index is 1.02. The van der Waals surface area contributed by atoms with E-state index >= 15 is 0 Å². The fourth-order valence-corrected chi connectivity index (χ4v) is 1.08. The Hall–Kier alpha value is 0.795. The van der Waals surface area contributed by atoms with Gasteiger partial charge in [-0.3, -0.25) is 0 Å². The number of hydrogen-bond acceptors (Lipinski definition) is 0. The van der Waals surface area contributed by atoms with Gasteiger partial charge in [-0.25, -0.2) is 0 Å². The summed E-state index contributed by atoms with van der Waals surface area (Å²) in [7, 11) is 0. The maximum atomic E-state index is 2.48. The van der Waals surface area contributed by atoms with E-state index in [0.717, 1.165) is 10.4 Å². The van der Waals surface area contributed by atoms with E-state index in [9.17, 15) is 0 Å². The van der Waals surface area contributed by atoms with Crippen molar-refractivity contribution in [2.45, 2.75) is 19.1 Å². The Morgan fingerprint density at radius 2 is 2.20 bits per heavy atom. The van der Waals surface area contributed by atoms with Crippen molar-refractivity contribution in [1.82, 2.24) is 0 Å². The van der Waals surface area contributed by atoms with E-state index in [0.29, 0.717) is 0 Å². The molecule has 1 rings (SSSR count). The number of hydrogen-bond donors (Lipinski definition) is 0. The van der Waals surface area contributed by atoms with Crippen LogP contribution >= 0.6 is 22.4 Å². The highest BCUT2D eigenvalue weighted by Crippen LogP contribution is 2.40. The molecule has 1 atom stereocenters. The lowest BCUT2D eigenvalue weighted by molar-refractivity contribution is 1.21. The zero-order chi connectivity index (χ0) is 3.86. The summed E-state index contributed by atoms with van der Waals surface area (Å²) in [5, 5.41) is 0. The van der Waals surface area contributed by atoms with Crippen molar-refractivity contribution in [3.63, 3.8) is 0 Å². The average Bonchev–Trinajstić information content (AvgIpc) is 1.79. The average molecular weight is 180 g/mol. The van der Waals surface area contributed by atoms with Crippen LogP contribution in [0, 0.1) is 0 Å². The predicted octanol–water partition coefficient (Wildman–Crippen LogP) is 1.82. The molecule has 0 spiro atoms. The van der Waals surface area contributed by atoms with Crippen molar-refractivity contribution in [2.75, 3.05) is 0 Å². The molecule has 2 heteroatoms. The summed E-state index contributed by atoms with van der Waals surface area (Å²) in [5.74, 6) is 1.04. The fourth-order valence-electron chi connectivity index (χ4n) is 0.277. The van der Waals surface area contributed by atoms with Crippen molar-refractivity contribution in [3.05, 3.63) is 0 Å². The maximum absolute atomic E-state index is 2.48. The molecule has 0 nitrogen and oxygen atoms in total. The van der Waals surface area contributed by atoms with Gasteiger partial charge < -0.3 is 0 Å². The minimum atomic E-state index is 1.02. The summed E-state index contributed by atoms with van der Waals surface area (Å²) in [6.07, 6.45) is 1.46. The molecule has 0 aromatic rings. The van der Waals surface area contributed by atoms with Crippen molar-refractivity contribution in [1.29, 1.82) is 0 Å². The van der Waals surface area contributed by atoms with E-state index in [1.165, 1.54) is 6.32 Å². The molecule has 1 fully saturated rings. The molecular formula is C3H6BI. The van der Waals surface area contributed by atoms with Crippen molar-refractivity contribution in [3.8, 4) is 0 Å². The van der Waals surface area contributed by atoms with Crippen molar-refractivity contribution >= 4 is 26.9 Å². The Balaban J connectivity index is 2.20. The first-order valence-electron chi connectivity index (χ1n) is 1.95. The first-order valence-corrected chi connectivity index (χ1v) is 3.19. The Morgan fingerprint density at radius 1 is 2.00 bits per heavy atom. The second-order valence-corrected chi connectivity index (χ2v) is 3.33. The van der Waals surface area contributed by atoms with E-state index in [1.54, 1.807) is 0 Å². The van der Waals surface area contributed by atoms with E-state index < -0.39 is 0 Å².